The normalized spacial score (nSPS) is 11.5. The van der Waals surface area contributed by atoms with Crippen molar-refractivity contribution in [2.75, 3.05) is 0 Å². The molecule has 2 rings (SSSR count). The van der Waals surface area contributed by atoms with Gasteiger partial charge in [-0.1, -0.05) is 0 Å². The highest BCUT2D eigenvalue weighted by Gasteiger charge is 2.15. The Morgan fingerprint density at radius 3 is 2.60 bits per heavy atom. The first kappa shape index (κ1) is 9.56. The van der Waals surface area contributed by atoms with E-state index in [1.807, 2.05) is 0 Å². The molecule has 15 heavy (non-hydrogen) atoms. The van der Waals surface area contributed by atoms with E-state index in [0.29, 0.717) is 0 Å². The highest BCUT2D eigenvalue weighted by Crippen LogP contribution is 2.15. The second kappa shape index (κ2) is 3.01. The van der Waals surface area contributed by atoms with Gasteiger partial charge in [-0.2, -0.15) is 0 Å². The van der Waals surface area contributed by atoms with E-state index in [1.54, 1.807) is 0 Å². The molecule has 6 nitrogen and oxygen atoms in total. The van der Waals surface area contributed by atoms with Crippen LogP contribution in [0, 0.1) is 0 Å². The van der Waals surface area contributed by atoms with Crippen LogP contribution in [0.5, 0.6) is 0 Å². The lowest BCUT2D eigenvalue weighted by Crippen LogP contribution is -2.32. The van der Waals surface area contributed by atoms with Crippen LogP contribution in [0.15, 0.2) is 9.59 Å². The molecule has 0 saturated carbocycles. The molecule has 0 aliphatic rings. The zero-order chi connectivity index (χ0) is 11.2. The van der Waals surface area contributed by atoms with Gasteiger partial charge in [0.15, 0.2) is 11.5 Å². The van der Waals surface area contributed by atoms with Gasteiger partial charge in [0.05, 0.1) is 0 Å². The standard InChI is InChI=1S/C7H6F2N4O2/c1-13-6(14)2-4(12-7(13)15)11-5(10-2)3(8)9/h3H,1H3,(H,10,11)(H,12,15). The Hall–Kier alpha value is -1.99. The molecule has 2 aromatic rings. The summed E-state index contributed by atoms with van der Waals surface area (Å²) in [6.45, 7) is 0. The van der Waals surface area contributed by atoms with Crippen LogP contribution in [0.3, 0.4) is 0 Å². The first-order valence-corrected chi connectivity index (χ1v) is 3.97. The number of fused-ring (bicyclic) bond motifs is 1. The maximum absolute atomic E-state index is 12.2. The number of aromatic nitrogens is 4. The number of H-pyrrole nitrogens is 2. The number of nitrogens with zero attached hydrogens (tertiary/aromatic N) is 2. The lowest BCUT2D eigenvalue weighted by atomic mass is 10.5. The Balaban J connectivity index is 2.88. The Kier molecular flexibility index (Phi) is 1.92. The number of nitrogens with one attached hydrogen (secondary N) is 2. The first-order chi connectivity index (χ1) is 7.00. The number of alkyl halides is 2. The molecule has 0 bridgehead atoms. The second-order valence-electron chi connectivity index (χ2n) is 2.94. The molecule has 80 valence electrons. The summed E-state index contributed by atoms with van der Waals surface area (Å²) in [6, 6.07) is 0. The fourth-order valence-electron chi connectivity index (χ4n) is 1.19. The van der Waals surface area contributed by atoms with Gasteiger partial charge in [-0.15, -0.1) is 0 Å². The average molecular weight is 216 g/mol. The van der Waals surface area contributed by atoms with Crippen LogP contribution in [-0.2, 0) is 7.05 Å². The van der Waals surface area contributed by atoms with Crippen LogP contribution < -0.4 is 11.2 Å². The van der Waals surface area contributed by atoms with E-state index >= 15 is 0 Å². The summed E-state index contributed by atoms with van der Waals surface area (Å²) < 4.78 is 25.3. The fraction of sp³-hybridized carbons (Fsp3) is 0.286. The van der Waals surface area contributed by atoms with Gasteiger partial charge < -0.3 is 4.98 Å². The molecule has 0 aliphatic carbocycles. The minimum absolute atomic E-state index is 0.132. The van der Waals surface area contributed by atoms with Gasteiger partial charge in [-0.25, -0.2) is 18.6 Å². The number of hydrogen-bond donors (Lipinski definition) is 2. The van der Waals surface area contributed by atoms with Crippen LogP contribution in [0.4, 0.5) is 8.78 Å². The molecule has 0 unspecified atom stereocenters. The molecule has 0 aliphatic heterocycles. The Morgan fingerprint density at radius 1 is 1.33 bits per heavy atom. The molecular formula is C7H6F2N4O2. The van der Waals surface area contributed by atoms with Gasteiger partial charge in [0.25, 0.3) is 12.0 Å². The van der Waals surface area contributed by atoms with Crippen molar-refractivity contribution in [3.05, 3.63) is 26.7 Å². The summed E-state index contributed by atoms with van der Waals surface area (Å²) in [7, 11) is 1.24. The minimum Gasteiger partial charge on any atom is -0.331 e. The van der Waals surface area contributed by atoms with Crippen LogP contribution in [0.25, 0.3) is 11.2 Å². The van der Waals surface area contributed by atoms with Crippen molar-refractivity contribution in [1.29, 1.82) is 0 Å². The van der Waals surface area contributed by atoms with Gasteiger partial charge in [0.1, 0.15) is 5.52 Å². The maximum atomic E-state index is 12.2. The molecule has 0 atom stereocenters. The van der Waals surface area contributed by atoms with Crippen molar-refractivity contribution >= 4 is 11.2 Å². The smallest absolute Gasteiger partial charge is 0.329 e. The third kappa shape index (κ3) is 1.34. The predicted octanol–water partition coefficient (Wildman–Crippen LogP) is -0.113. The summed E-state index contributed by atoms with van der Waals surface area (Å²) in [6.07, 6.45) is -2.81. The largest absolute Gasteiger partial charge is 0.331 e. The van der Waals surface area contributed by atoms with Crippen LogP contribution >= 0.6 is 0 Å². The quantitative estimate of drug-likeness (QED) is 0.697. The van der Waals surface area contributed by atoms with E-state index in [4.69, 9.17) is 0 Å². The van der Waals surface area contributed by atoms with Gasteiger partial charge in [-0.05, 0) is 0 Å². The van der Waals surface area contributed by atoms with Crippen molar-refractivity contribution < 1.29 is 8.78 Å². The van der Waals surface area contributed by atoms with Crippen molar-refractivity contribution in [2.24, 2.45) is 7.05 Å². The second-order valence-corrected chi connectivity index (χ2v) is 2.94. The van der Waals surface area contributed by atoms with Crippen molar-refractivity contribution in [2.45, 2.75) is 6.43 Å². The molecule has 0 spiro atoms. The molecule has 0 fully saturated rings. The average Bonchev–Trinajstić information content (AvgIpc) is 2.58. The maximum Gasteiger partial charge on any atom is 0.329 e. The SMILES string of the molecule is Cn1c(=O)[nH]c2nc(C(F)F)[nH]c2c1=O. The molecule has 8 heteroatoms. The minimum atomic E-state index is -2.81. The first-order valence-electron chi connectivity index (χ1n) is 3.97. The number of rotatable bonds is 1. The summed E-state index contributed by atoms with van der Waals surface area (Å²) in [5, 5.41) is 0. The predicted molar refractivity (Wildman–Crippen MR) is 46.9 cm³/mol. The summed E-state index contributed by atoms with van der Waals surface area (Å²) in [5.41, 5.74) is -1.67. The monoisotopic (exact) mass is 216 g/mol. The summed E-state index contributed by atoms with van der Waals surface area (Å²) in [5.74, 6) is -0.635. The van der Waals surface area contributed by atoms with Gasteiger partial charge >= 0.3 is 5.69 Å². The zero-order valence-electron chi connectivity index (χ0n) is 7.54. The van der Waals surface area contributed by atoms with Crippen LogP contribution in [0.1, 0.15) is 12.2 Å². The number of hydrogen-bond acceptors (Lipinski definition) is 3. The molecule has 2 aromatic heterocycles. The lowest BCUT2D eigenvalue weighted by molar-refractivity contribution is 0.142. The fourth-order valence-corrected chi connectivity index (χ4v) is 1.19. The van der Waals surface area contributed by atoms with E-state index in [0.717, 1.165) is 4.57 Å². The Bertz CT molecular complexity index is 624. The zero-order valence-corrected chi connectivity index (χ0v) is 7.54. The van der Waals surface area contributed by atoms with Crippen LogP contribution in [-0.4, -0.2) is 19.5 Å². The van der Waals surface area contributed by atoms with E-state index in [1.165, 1.54) is 7.05 Å². The number of imidazole rings is 1. The van der Waals surface area contributed by atoms with Crippen molar-refractivity contribution in [1.82, 2.24) is 19.5 Å². The molecule has 0 radical (unpaired) electrons. The van der Waals surface area contributed by atoms with Gasteiger partial charge in [0.2, 0.25) is 0 Å². The molecule has 2 heterocycles. The van der Waals surface area contributed by atoms with E-state index in [9.17, 15) is 18.4 Å². The molecule has 0 aromatic carbocycles. The highest BCUT2D eigenvalue weighted by atomic mass is 19.3. The number of halogens is 2. The third-order valence-corrected chi connectivity index (χ3v) is 1.98. The molecule has 2 N–H and O–H groups in total. The summed E-state index contributed by atoms with van der Waals surface area (Å²) in [4.78, 5) is 30.3. The van der Waals surface area contributed by atoms with Crippen LogP contribution in [0.2, 0.25) is 0 Å². The van der Waals surface area contributed by atoms with Crippen molar-refractivity contribution in [3.8, 4) is 0 Å². The highest BCUT2D eigenvalue weighted by molar-refractivity contribution is 5.68. The van der Waals surface area contributed by atoms with Gasteiger partial charge in [-0.3, -0.25) is 14.3 Å². The van der Waals surface area contributed by atoms with Gasteiger partial charge in [0, 0.05) is 7.05 Å². The van der Waals surface area contributed by atoms with E-state index in [-0.39, 0.29) is 11.2 Å². The van der Waals surface area contributed by atoms with E-state index < -0.39 is 23.5 Å². The van der Waals surface area contributed by atoms with Crippen molar-refractivity contribution in [3.63, 3.8) is 0 Å². The third-order valence-electron chi connectivity index (χ3n) is 1.98. The topological polar surface area (TPSA) is 83.5 Å². The molecular weight excluding hydrogens is 210 g/mol. The molecule has 0 saturated heterocycles. The summed E-state index contributed by atoms with van der Waals surface area (Å²) >= 11 is 0. The number of aromatic amines is 2. The molecule has 0 amide bonds. The Morgan fingerprint density at radius 2 is 2.00 bits per heavy atom. The lowest BCUT2D eigenvalue weighted by Gasteiger charge is -1.93. The Labute approximate surface area is 80.6 Å². The van der Waals surface area contributed by atoms with E-state index in [2.05, 4.69) is 15.0 Å².